The molecule has 0 radical (unpaired) electrons. The fourth-order valence-corrected chi connectivity index (χ4v) is 2.05. The summed E-state index contributed by atoms with van der Waals surface area (Å²) in [6, 6.07) is 0. The molecule has 1 N–H and O–H groups in total. The van der Waals surface area contributed by atoms with Crippen LogP contribution in [0.4, 0.5) is 0 Å². The molecule has 0 saturated carbocycles. The molecule has 0 rings (SSSR count). The van der Waals surface area contributed by atoms with Crippen LogP contribution in [0.2, 0.25) is 0 Å². The summed E-state index contributed by atoms with van der Waals surface area (Å²) in [5.41, 5.74) is 0. The number of carbonyl (C=O) groups excluding carboxylic acids is 1. The molecule has 96 valence electrons. The van der Waals surface area contributed by atoms with Gasteiger partial charge >= 0.3 is 5.97 Å². The van der Waals surface area contributed by atoms with Crippen LogP contribution in [0.15, 0.2) is 25.3 Å². The molecule has 1 unspecified atom stereocenters. The number of thioether (sulfide) groups is 1. The second-order valence-corrected chi connectivity index (χ2v) is 4.66. The molecule has 0 spiro atoms. The predicted molar refractivity (Wildman–Crippen MR) is 71.1 cm³/mol. The minimum absolute atomic E-state index is 0.0209. The molecule has 4 nitrogen and oxygen atoms in total. The van der Waals surface area contributed by atoms with Gasteiger partial charge < -0.3 is 10.0 Å². The summed E-state index contributed by atoms with van der Waals surface area (Å²) in [5, 5.41) is 8.69. The molecule has 0 heterocycles. The molecule has 0 aromatic carbocycles. The molecule has 1 atom stereocenters. The van der Waals surface area contributed by atoms with Crippen molar-refractivity contribution in [3.05, 3.63) is 25.3 Å². The van der Waals surface area contributed by atoms with Gasteiger partial charge in [0.25, 0.3) is 0 Å². The smallest absolute Gasteiger partial charge is 0.307 e. The van der Waals surface area contributed by atoms with Crippen LogP contribution in [0.1, 0.15) is 6.92 Å². The average Bonchev–Trinajstić information content (AvgIpc) is 2.28. The molecule has 0 aromatic rings. The highest BCUT2D eigenvalue weighted by atomic mass is 32.2. The molecule has 0 bridgehead atoms. The zero-order valence-corrected chi connectivity index (χ0v) is 10.9. The second kappa shape index (κ2) is 8.87. The van der Waals surface area contributed by atoms with Crippen LogP contribution in [0.3, 0.4) is 0 Å². The van der Waals surface area contributed by atoms with Gasteiger partial charge in [0, 0.05) is 18.8 Å². The number of hydrogen-bond acceptors (Lipinski definition) is 3. The van der Waals surface area contributed by atoms with Crippen molar-refractivity contribution >= 4 is 23.6 Å². The highest BCUT2D eigenvalue weighted by molar-refractivity contribution is 7.99. The zero-order chi connectivity index (χ0) is 13.3. The molecule has 0 aliphatic carbocycles. The standard InChI is InChI=1S/C12H19NO3S/c1-4-6-13(7-5-2)11(14)9-17-8-10(3)12(15)16/h4-5,10H,1-2,6-9H2,3H3,(H,15,16). The fraction of sp³-hybridized carbons (Fsp3) is 0.500. The van der Waals surface area contributed by atoms with Crippen molar-refractivity contribution in [2.24, 2.45) is 5.92 Å². The Balaban J connectivity index is 4.00. The van der Waals surface area contributed by atoms with Crippen LogP contribution >= 0.6 is 11.8 Å². The van der Waals surface area contributed by atoms with Crippen LogP contribution in [0.5, 0.6) is 0 Å². The van der Waals surface area contributed by atoms with E-state index in [9.17, 15) is 9.59 Å². The van der Waals surface area contributed by atoms with E-state index < -0.39 is 11.9 Å². The normalized spacial score (nSPS) is 11.6. The van der Waals surface area contributed by atoms with E-state index in [2.05, 4.69) is 13.2 Å². The molecule has 0 saturated heterocycles. The third-order valence-electron chi connectivity index (χ3n) is 2.07. The number of hydrogen-bond donors (Lipinski definition) is 1. The largest absolute Gasteiger partial charge is 0.481 e. The lowest BCUT2D eigenvalue weighted by atomic mass is 10.2. The third kappa shape index (κ3) is 6.84. The fourth-order valence-electron chi connectivity index (χ4n) is 1.08. The van der Waals surface area contributed by atoms with E-state index >= 15 is 0 Å². The van der Waals surface area contributed by atoms with E-state index in [1.165, 1.54) is 11.8 Å². The molecule has 0 aliphatic heterocycles. The lowest BCUT2D eigenvalue weighted by molar-refractivity contribution is -0.140. The minimum Gasteiger partial charge on any atom is -0.481 e. The zero-order valence-electron chi connectivity index (χ0n) is 10.1. The highest BCUT2D eigenvalue weighted by Crippen LogP contribution is 2.09. The van der Waals surface area contributed by atoms with Gasteiger partial charge in [-0.1, -0.05) is 19.1 Å². The van der Waals surface area contributed by atoms with Gasteiger partial charge in [-0.15, -0.1) is 13.2 Å². The Bertz CT molecular complexity index is 281. The van der Waals surface area contributed by atoms with Gasteiger partial charge in [0.15, 0.2) is 0 Å². The first-order valence-corrected chi connectivity index (χ1v) is 6.48. The summed E-state index contributed by atoms with van der Waals surface area (Å²) in [6.45, 7) is 9.77. The second-order valence-electron chi connectivity index (χ2n) is 3.63. The Hall–Kier alpha value is -1.23. The van der Waals surface area contributed by atoms with E-state index in [0.717, 1.165) is 0 Å². The van der Waals surface area contributed by atoms with Crippen molar-refractivity contribution in [2.45, 2.75) is 6.92 Å². The van der Waals surface area contributed by atoms with E-state index in [4.69, 9.17) is 5.11 Å². The monoisotopic (exact) mass is 257 g/mol. The summed E-state index contributed by atoms with van der Waals surface area (Å²) < 4.78 is 0. The van der Waals surface area contributed by atoms with Gasteiger partial charge in [-0.2, -0.15) is 11.8 Å². The van der Waals surface area contributed by atoms with Crippen molar-refractivity contribution in [2.75, 3.05) is 24.6 Å². The Labute approximate surface area is 106 Å². The molecular formula is C12H19NO3S. The van der Waals surface area contributed by atoms with Crippen LogP contribution in [0.25, 0.3) is 0 Å². The van der Waals surface area contributed by atoms with E-state index in [1.54, 1.807) is 24.0 Å². The number of rotatable bonds is 9. The average molecular weight is 257 g/mol. The molecule has 0 aliphatic rings. The number of aliphatic carboxylic acids is 1. The van der Waals surface area contributed by atoms with Crippen molar-refractivity contribution in [3.63, 3.8) is 0 Å². The van der Waals surface area contributed by atoms with Crippen LogP contribution in [-0.2, 0) is 9.59 Å². The van der Waals surface area contributed by atoms with E-state index in [1.807, 2.05) is 0 Å². The molecule has 0 fully saturated rings. The topological polar surface area (TPSA) is 57.6 Å². The first-order chi connectivity index (χ1) is 8.02. The van der Waals surface area contributed by atoms with Gasteiger partial charge in [-0.05, 0) is 0 Å². The Kier molecular flexibility index (Phi) is 8.23. The predicted octanol–water partition coefficient (Wildman–Crippen LogP) is 1.64. The maximum absolute atomic E-state index is 11.7. The maximum Gasteiger partial charge on any atom is 0.307 e. The third-order valence-corrected chi connectivity index (χ3v) is 3.25. The molecule has 0 aromatic heterocycles. The highest BCUT2D eigenvalue weighted by Gasteiger charge is 2.14. The summed E-state index contributed by atoms with van der Waals surface area (Å²) in [5.74, 6) is -0.553. The van der Waals surface area contributed by atoms with Crippen LogP contribution < -0.4 is 0 Å². The summed E-state index contributed by atoms with van der Waals surface area (Å²) in [7, 11) is 0. The summed E-state index contributed by atoms with van der Waals surface area (Å²) in [6.07, 6.45) is 3.32. The number of carboxylic acid groups (broad SMARTS) is 1. The number of carbonyl (C=O) groups is 2. The van der Waals surface area contributed by atoms with Crippen LogP contribution in [0, 0.1) is 5.92 Å². The first-order valence-electron chi connectivity index (χ1n) is 5.33. The lowest BCUT2D eigenvalue weighted by Crippen LogP contribution is -2.33. The summed E-state index contributed by atoms with van der Waals surface area (Å²) in [4.78, 5) is 23.9. The van der Waals surface area contributed by atoms with E-state index in [0.29, 0.717) is 24.6 Å². The van der Waals surface area contributed by atoms with Gasteiger partial charge in [0.1, 0.15) is 0 Å². The van der Waals surface area contributed by atoms with Gasteiger partial charge in [0.2, 0.25) is 5.91 Å². The minimum atomic E-state index is -0.834. The van der Waals surface area contributed by atoms with Gasteiger partial charge in [-0.3, -0.25) is 9.59 Å². The molecule has 1 amide bonds. The molecular weight excluding hydrogens is 238 g/mol. The molecule has 5 heteroatoms. The van der Waals surface area contributed by atoms with Crippen molar-refractivity contribution in [3.8, 4) is 0 Å². The molecule has 17 heavy (non-hydrogen) atoms. The van der Waals surface area contributed by atoms with E-state index in [-0.39, 0.29) is 5.91 Å². The summed E-state index contributed by atoms with van der Waals surface area (Å²) >= 11 is 1.34. The Morgan fingerprint density at radius 1 is 1.35 bits per heavy atom. The van der Waals surface area contributed by atoms with Crippen molar-refractivity contribution in [1.82, 2.24) is 4.90 Å². The lowest BCUT2D eigenvalue weighted by Gasteiger charge is -2.19. The number of amides is 1. The number of nitrogens with zero attached hydrogens (tertiary/aromatic N) is 1. The van der Waals surface area contributed by atoms with Crippen LogP contribution in [-0.4, -0.2) is 46.5 Å². The quantitative estimate of drug-likeness (QED) is 0.638. The van der Waals surface area contributed by atoms with Crippen molar-refractivity contribution in [1.29, 1.82) is 0 Å². The maximum atomic E-state index is 11.7. The Morgan fingerprint density at radius 2 is 1.88 bits per heavy atom. The first kappa shape index (κ1) is 15.8. The number of carboxylic acids is 1. The SMILES string of the molecule is C=CCN(CC=C)C(=O)CSCC(C)C(=O)O. The van der Waals surface area contributed by atoms with Gasteiger partial charge in [0.05, 0.1) is 11.7 Å². The van der Waals surface area contributed by atoms with Gasteiger partial charge in [-0.25, -0.2) is 0 Å². The van der Waals surface area contributed by atoms with Crippen molar-refractivity contribution < 1.29 is 14.7 Å². The Morgan fingerprint density at radius 3 is 2.29 bits per heavy atom.